The van der Waals surface area contributed by atoms with E-state index in [1.54, 1.807) is 6.92 Å². The number of hydrogen-bond acceptors (Lipinski definition) is 5. The highest BCUT2D eigenvalue weighted by Crippen LogP contribution is 2.20. The van der Waals surface area contributed by atoms with Crippen LogP contribution in [0, 0.1) is 0 Å². The van der Waals surface area contributed by atoms with Crippen molar-refractivity contribution in [3.8, 4) is 0 Å². The van der Waals surface area contributed by atoms with Gasteiger partial charge in [0.1, 0.15) is 6.04 Å². The third kappa shape index (κ3) is 5.36. The number of sulfonamides is 1. The molecule has 2 N–H and O–H groups in total. The Bertz CT molecular complexity index is 760. The number of ketones is 1. The lowest BCUT2D eigenvalue weighted by Gasteiger charge is -2.26. The van der Waals surface area contributed by atoms with Gasteiger partial charge in [0.15, 0.2) is 5.78 Å². The number of carboxylic acid groups (broad SMARTS) is 1. The zero-order chi connectivity index (χ0) is 19.2. The zero-order valence-corrected chi connectivity index (χ0v) is 15.2. The number of Topliss-reactive ketones (excluding diaryl/α,β-unsaturated/α-hetero) is 1. The molecule has 0 saturated heterocycles. The highest BCUT2D eigenvalue weighted by molar-refractivity contribution is 7.89. The molecule has 0 heterocycles. The minimum Gasteiger partial charge on any atom is -0.480 e. The van der Waals surface area contributed by atoms with Crippen molar-refractivity contribution in [3.63, 3.8) is 0 Å². The summed E-state index contributed by atoms with van der Waals surface area (Å²) in [7, 11) is -4.16. The fourth-order valence-corrected chi connectivity index (χ4v) is 3.79. The zero-order valence-electron chi connectivity index (χ0n) is 14.4. The molecule has 25 heavy (non-hydrogen) atoms. The van der Waals surface area contributed by atoms with Gasteiger partial charge in [-0.25, -0.2) is 8.42 Å². The van der Waals surface area contributed by atoms with E-state index in [0.717, 1.165) is 4.31 Å². The van der Waals surface area contributed by atoms with Crippen molar-refractivity contribution in [1.82, 2.24) is 9.62 Å². The van der Waals surface area contributed by atoms with E-state index in [-0.39, 0.29) is 41.7 Å². The number of aliphatic carboxylic acids is 1. The van der Waals surface area contributed by atoms with Crippen molar-refractivity contribution in [1.29, 1.82) is 0 Å². The number of carboxylic acids is 1. The average molecular weight is 370 g/mol. The van der Waals surface area contributed by atoms with Crippen LogP contribution in [0.15, 0.2) is 29.2 Å². The Morgan fingerprint density at radius 1 is 1.28 bits per heavy atom. The van der Waals surface area contributed by atoms with Crippen LogP contribution in [-0.2, 0) is 19.6 Å². The number of rotatable bonds is 9. The van der Waals surface area contributed by atoms with Crippen LogP contribution >= 0.6 is 0 Å². The first-order valence-corrected chi connectivity index (χ1v) is 9.17. The van der Waals surface area contributed by atoms with Crippen LogP contribution in [0.25, 0.3) is 0 Å². The molecule has 0 radical (unpaired) electrons. The first-order valence-electron chi connectivity index (χ1n) is 7.73. The Morgan fingerprint density at radius 2 is 1.92 bits per heavy atom. The predicted octanol–water partition coefficient (Wildman–Crippen LogP) is 0.879. The van der Waals surface area contributed by atoms with Crippen LogP contribution in [0.2, 0.25) is 0 Å². The number of amides is 1. The first-order chi connectivity index (χ1) is 11.6. The Morgan fingerprint density at radius 3 is 2.44 bits per heavy atom. The van der Waals surface area contributed by atoms with Crippen molar-refractivity contribution in [2.24, 2.45) is 0 Å². The molecule has 0 aromatic heterocycles. The van der Waals surface area contributed by atoms with Gasteiger partial charge in [0.05, 0.1) is 4.90 Å². The lowest BCUT2D eigenvalue weighted by Crippen LogP contribution is -2.46. The average Bonchev–Trinajstić information content (AvgIpc) is 2.57. The number of carbonyl (C=O) groups is 3. The Hall–Kier alpha value is -2.26. The molecule has 1 aromatic carbocycles. The minimum absolute atomic E-state index is 0.0280. The van der Waals surface area contributed by atoms with Crippen molar-refractivity contribution in [2.45, 2.75) is 38.1 Å². The van der Waals surface area contributed by atoms with Gasteiger partial charge in [-0.15, -0.1) is 0 Å². The Labute approximate surface area is 146 Å². The van der Waals surface area contributed by atoms with E-state index in [9.17, 15) is 27.9 Å². The van der Waals surface area contributed by atoms with Crippen LogP contribution in [0.4, 0.5) is 0 Å². The molecule has 1 atom stereocenters. The van der Waals surface area contributed by atoms with Crippen molar-refractivity contribution in [3.05, 3.63) is 29.8 Å². The smallest absolute Gasteiger partial charge is 0.321 e. The van der Waals surface area contributed by atoms with E-state index in [1.165, 1.54) is 38.1 Å². The highest BCUT2D eigenvalue weighted by Gasteiger charge is 2.33. The minimum atomic E-state index is -4.16. The van der Waals surface area contributed by atoms with Crippen LogP contribution in [0.3, 0.4) is 0 Å². The second kappa shape index (κ2) is 8.72. The molecule has 0 spiro atoms. The molecular formula is C16H22N2O6S. The quantitative estimate of drug-likeness (QED) is 0.623. The molecule has 0 aliphatic carbocycles. The summed E-state index contributed by atoms with van der Waals surface area (Å²) in [5.41, 5.74) is 0.244. The van der Waals surface area contributed by atoms with E-state index < -0.39 is 22.0 Å². The first kappa shape index (κ1) is 20.8. The van der Waals surface area contributed by atoms with E-state index in [4.69, 9.17) is 0 Å². The number of carbonyl (C=O) groups excluding carboxylic acids is 2. The lowest BCUT2D eigenvalue weighted by atomic mass is 10.1. The van der Waals surface area contributed by atoms with Crippen LogP contribution < -0.4 is 5.32 Å². The fourth-order valence-electron chi connectivity index (χ4n) is 2.16. The number of nitrogens with zero attached hydrogens (tertiary/aromatic N) is 1. The number of benzene rings is 1. The van der Waals surface area contributed by atoms with Crippen LogP contribution in [-0.4, -0.2) is 54.6 Å². The molecule has 0 saturated carbocycles. The summed E-state index contributed by atoms with van der Waals surface area (Å²) in [4.78, 5) is 33.9. The molecule has 0 fully saturated rings. The maximum atomic E-state index is 12.9. The van der Waals surface area contributed by atoms with Gasteiger partial charge < -0.3 is 10.4 Å². The molecule has 9 heteroatoms. The SMILES string of the molecule is CCC(=O)c1cccc(S(=O)(=O)N(CCNC(C)=O)C(C)C(=O)O)c1. The second-order valence-electron chi connectivity index (χ2n) is 5.42. The summed E-state index contributed by atoms with van der Waals surface area (Å²) in [6.45, 7) is 3.95. The lowest BCUT2D eigenvalue weighted by molar-refractivity contribution is -0.140. The van der Waals surface area contributed by atoms with Gasteiger partial charge in [-0.3, -0.25) is 14.4 Å². The van der Waals surface area contributed by atoms with E-state index in [0.29, 0.717) is 0 Å². The number of nitrogens with one attached hydrogen (secondary N) is 1. The van der Waals surface area contributed by atoms with Crippen LogP contribution in [0.5, 0.6) is 0 Å². The summed E-state index contributed by atoms with van der Waals surface area (Å²) in [6.07, 6.45) is 0.223. The molecule has 1 aromatic rings. The van der Waals surface area contributed by atoms with Crippen molar-refractivity contribution >= 4 is 27.7 Å². The summed E-state index contributed by atoms with van der Waals surface area (Å²) in [6, 6.07) is 4.16. The Kier molecular flexibility index (Phi) is 7.25. The molecule has 1 unspecified atom stereocenters. The largest absolute Gasteiger partial charge is 0.480 e. The molecule has 138 valence electrons. The van der Waals surface area contributed by atoms with Gasteiger partial charge in [0.25, 0.3) is 0 Å². The third-order valence-corrected chi connectivity index (χ3v) is 5.55. The van der Waals surface area contributed by atoms with Crippen molar-refractivity contribution < 1.29 is 27.9 Å². The second-order valence-corrected chi connectivity index (χ2v) is 7.31. The maximum Gasteiger partial charge on any atom is 0.321 e. The summed E-state index contributed by atoms with van der Waals surface area (Å²) < 4.78 is 26.5. The van der Waals surface area contributed by atoms with Crippen molar-refractivity contribution in [2.75, 3.05) is 13.1 Å². The normalized spacial score (nSPS) is 12.6. The summed E-state index contributed by atoms with van der Waals surface area (Å²) in [5, 5.41) is 11.6. The predicted molar refractivity (Wildman–Crippen MR) is 90.7 cm³/mol. The molecule has 8 nitrogen and oxygen atoms in total. The van der Waals surface area contributed by atoms with E-state index in [2.05, 4.69) is 5.32 Å². The fraction of sp³-hybridized carbons (Fsp3) is 0.438. The molecule has 0 aliphatic rings. The van der Waals surface area contributed by atoms with Gasteiger partial charge in [0.2, 0.25) is 15.9 Å². The standard InChI is InChI=1S/C16H22N2O6S/c1-4-15(20)13-6-5-7-14(10-13)25(23,24)18(11(2)16(21)22)9-8-17-12(3)19/h5-7,10-11H,4,8-9H2,1-3H3,(H,17,19)(H,21,22). The monoisotopic (exact) mass is 370 g/mol. The van der Waals surface area contributed by atoms with Gasteiger partial charge in [0, 0.05) is 32.0 Å². The van der Waals surface area contributed by atoms with Gasteiger partial charge >= 0.3 is 5.97 Å². The maximum absolute atomic E-state index is 12.9. The molecule has 0 bridgehead atoms. The summed E-state index contributed by atoms with van der Waals surface area (Å²) >= 11 is 0. The van der Waals surface area contributed by atoms with E-state index in [1.807, 2.05) is 0 Å². The molecular weight excluding hydrogens is 348 g/mol. The molecule has 0 aliphatic heterocycles. The van der Waals surface area contributed by atoms with Gasteiger partial charge in [-0.1, -0.05) is 19.1 Å². The van der Waals surface area contributed by atoms with Gasteiger partial charge in [-0.05, 0) is 19.1 Å². The molecule has 1 rings (SSSR count). The summed E-state index contributed by atoms with van der Waals surface area (Å²) in [5.74, 6) is -1.88. The Balaban J connectivity index is 3.24. The molecule has 1 amide bonds. The third-order valence-electron chi connectivity index (χ3n) is 3.58. The number of hydrogen-bond donors (Lipinski definition) is 2. The van der Waals surface area contributed by atoms with E-state index >= 15 is 0 Å². The highest BCUT2D eigenvalue weighted by atomic mass is 32.2. The topological polar surface area (TPSA) is 121 Å². The van der Waals surface area contributed by atoms with Gasteiger partial charge in [-0.2, -0.15) is 4.31 Å². The van der Waals surface area contributed by atoms with Crippen LogP contribution in [0.1, 0.15) is 37.6 Å².